The van der Waals surface area contributed by atoms with E-state index < -0.39 is 0 Å². The smallest absolute Gasteiger partial charge is 0.194 e. The highest BCUT2D eigenvalue weighted by molar-refractivity contribution is 7.09. The Balaban J connectivity index is 1.61. The van der Waals surface area contributed by atoms with Crippen molar-refractivity contribution in [3.8, 4) is 0 Å². The molecule has 0 spiro atoms. The molecule has 1 aromatic heterocycles. The van der Waals surface area contributed by atoms with Crippen LogP contribution in [-0.4, -0.2) is 72.7 Å². The summed E-state index contributed by atoms with van der Waals surface area (Å²) < 4.78 is 5.47. The summed E-state index contributed by atoms with van der Waals surface area (Å²) in [5.41, 5.74) is 3.00. The van der Waals surface area contributed by atoms with E-state index in [-0.39, 0.29) is 0 Å². The van der Waals surface area contributed by atoms with Crippen molar-refractivity contribution in [3.63, 3.8) is 0 Å². The predicted octanol–water partition coefficient (Wildman–Crippen LogP) is 1.32. The molecule has 1 unspecified atom stereocenters. The van der Waals surface area contributed by atoms with Crippen molar-refractivity contribution < 1.29 is 4.74 Å². The minimum atomic E-state index is 0.632. The van der Waals surface area contributed by atoms with Crippen LogP contribution in [-0.2, 0) is 11.3 Å². The maximum atomic E-state index is 5.47. The average Bonchev–Trinajstić information content (AvgIpc) is 3.22. The number of aryl methyl sites for hydroxylation is 1. The fraction of sp³-hybridized carbons (Fsp3) is 0.750. The third-order valence-corrected chi connectivity index (χ3v) is 5.50. The maximum Gasteiger partial charge on any atom is 0.194 e. The minimum Gasteiger partial charge on any atom is -0.379 e. The van der Waals surface area contributed by atoms with Crippen LogP contribution in [0.2, 0.25) is 0 Å². The number of nitrogens with one attached hydrogen (secondary N) is 1. The van der Waals surface area contributed by atoms with E-state index >= 15 is 0 Å². The summed E-state index contributed by atoms with van der Waals surface area (Å²) in [6, 6.07) is 0.632. The first-order chi connectivity index (χ1) is 11.3. The summed E-state index contributed by atoms with van der Waals surface area (Å²) in [5.74, 6) is 1.04. The van der Waals surface area contributed by atoms with Crippen LogP contribution in [0.5, 0.6) is 0 Å². The highest BCUT2D eigenvalue weighted by Gasteiger charge is 2.30. The summed E-state index contributed by atoms with van der Waals surface area (Å²) in [6.45, 7) is 11.8. The molecular formula is C16H27N5OS. The molecular weight excluding hydrogens is 310 g/mol. The summed E-state index contributed by atoms with van der Waals surface area (Å²) in [5, 5.41) is 3.45. The van der Waals surface area contributed by atoms with Gasteiger partial charge < -0.3 is 15.0 Å². The van der Waals surface area contributed by atoms with Gasteiger partial charge in [0.2, 0.25) is 0 Å². The van der Waals surface area contributed by atoms with Crippen molar-refractivity contribution in [2.45, 2.75) is 32.9 Å². The van der Waals surface area contributed by atoms with Crippen LogP contribution < -0.4 is 5.32 Å². The van der Waals surface area contributed by atoms with Crippen LogP contribution in [0.15, 0.2) is 10.5 Å². The zero-order valence-corrected chi connectivity index (χ0v) is 14.9. The second-order valence-electron chi connectivity index (χ2n) is 6.07. The van der Waals surface area contributed by atoms with Crippen LogP contribution in [0.3, 0.4) is 0 Å². The monoisotopic (exact) mass is 337 g/mol. The second-order valence-corrected chi connectivity index (χ2v) is 7.01. The van der Waals surface area contributed by atoms with E-state index in [0.29, 0.717) is 6.04 Å². The van der Waals surface area contributed by atoms with Crippen LogP contribution in [0.4, 0.5) is 0 Å². The minimum absolute atomic E-state index is 0.632. The first kappa shape index (κ1) is 16.7. The van der Waals surface area contributed by atoms with E-state index in [1.54, 1.807) is 11.3 Å². The normalized spacial score (nSPS) is 23.5. The number of aromatic nitrogens is 1. The highest BCUT2D eigenvalue weighted by atomic mass is 32.1. The van der Waals surface area contributed by atoms with Gasteiger partial charge in [-0.25, -0.2) is 9.98 Å². The maximum absolute atomic E-state index is 5.47. The van der Waals surface area contributed by atoms with Gasteiger partial charge in [0.05, 0.1) is 31.0 Å². The Morgan fingerprint density at radius 2 is 2.26 bits per heavy atom. The summed E-state index contributed by atoms with van der Waals surface area (Å²) in [7, 11) is 0. The SMILES string of the molecule is CCNC(=NCc1scnc1C)N1CCC(N2CCOCC2)C1. The molecule has 0 bridgehead atoms. The lowest BCUT2D eigenvalue weighted by Gasteiger charge is -2.32. The lowest BCUT2D eigenvalue weighted by Crippen LogP contribution is -2.46. The highest BCUT2D eigenvalue weighted by Crippen LogP contribution is 2.18. The van der Waals surface area contributed by atoms with Crippen LogP contribution in [0.25, 0.3) is 0 Å². The van der Waals surface area contributed by atoms with E-state index in [1.165, 1.54) is 11.3 Å². The van der Waals surface area contributed by atoms with Gasteiger partial charge in [-0.2, -0.15) is 0 Å². The third kappa shape index (κ3) is 4.22. The van der Waals surface area contributed by atoms with Crippen molar-refractivity contribution in [1.29, 1.82) is 0 Å². The second kappa shape index (κ2) is 8.08. The molecule has 0 radical (unpaired) electrons. The zero-order valence-electron chi connectivity index (χ0n) is 14.1. The van der Waals surface area contributed by atoms with Crippen LogP contribution in [0.1, 0.15) is 23.9 Å². The molecule has 3 rings (SSSR count). The topological polar surface area (TPSA) is 53.0 Å². The van der Waals surface area contributed by atoms with Crippen molar-refractivity contribution in [2.24, 2.45) is 4.99 Å². The van der Waals surface area contributed by atoms with Gasteiger partial charge in [-0.05, 0) is 20.3 Å². The van der Waals surface area contributed by atoms with Crippen molar-refractivity contribution in [2.75, 3.05) is 45.9 Å². The van der Waals surface area contributed by atoms with Gasteiger partial charge in [0, 0.05) is 43.6 Å². The molecule has 0 aliphatic carbocycles. The van der Waals surface area contributed by atoms with E-state index in [0.717, 1.165) is 64.1 Å². The summed E-state index contributed by atoms with van der Waals surface area (Å²) in [6.07, 6.45) is 1.21. The Bertz CT molecular complexity index is 526. The Kier molecular flexibility index (Phi) is 5.85. The standard InChI is InChI=1S/C16H27N5OS/c1-3-17-16(18-10-15-13(2)19-12-23-15)21-5-4-14(11-21)20-6-8-22-9-7-20/h12,14H,3-11H2,1-2H3,(H,17,18). The van der Waals surface area contributed by atoms with E-state index in [9.17, 15) is 0 Å². The Labute approximate surface area is 142 Å². The lowest BCUT2D eigenvalue weighted by molar-refractivity contribution is 0.0195. The van der Waals surface area contributed by atoms with Gasteiger partial charge >= 0.3 is 0 Å². The van der Waals surface area contributed by atoms with Crippen LogP contribution in [0, 0.1) is 6.92 Å². The summed E-state index contributed by atoms with van der Waals surface area (Å²) in [4.78, 5) is 15.4. The largest absolute Gasteiger partial charge is 0.379 e. The lowest BCUT2D eigenvalue weighted by atomic mass is 10.2. The molecule has 7 heteroatoms. The number of aliphatic imine (C=N–C) groups is 1. The number of nitrogens with zero attached hydrogens (tertiary/aromatic N) is 4. The van der Waals surface area contributed by atoms with Crippen molar-refractivity contribution in [1.82, 2.24) is 20.1 Å². The van der Waals surface area contributed by atoms with Crippen LogP contribution >= 0.6 is 11.3 Å². The fourth-order valence-electron chi connectivity index (χ4n) is 3.23. The van der Waals surface area contributed by atoms with Crippen molar-refractivity contribution >= 4 is 17.3 Å². The molecule has 1 atom stereocenters. The number of likely N-dealkylation sites (tertiary alicyclic amines) is 1. The molecule has 1 aromatic rings. The molecule has 1 N–H and O–H groups in total. The first-order valence-corrected chi connectivity index (χ1v) is 9.40. The van der Waals surface area contributed by atoms with E-state index in [2.05, 4.69) is 33.9 Å². The van der Waals surface area contributed by atoms with Gasteiger partial charge in [-0.15, -0.1) is 11.3 Å². The molecule has 2 fully saturated rings. The molecule has 0 aromatic carbocycles. The first-order valence-electron chi connectivity index (χ1n) is 8.52. The number of rotatable bonds is 4. The van der Waals surface area contributed by atoms with Gasteiger partial charge in [-0.1, -0.05) is 0 Å². The number of morpholine rings is 1. The predicted molar refractivity (Wildman–Crippen MR) is 94.0 cm³/mol. The van der Waals surface area contributed by atoms with Gasteiger partial charge in [0.1, 0.15) is 0 Å². The molecule has 6 nitrogen and oxygen atoms in total. The van der Waals surface area contributed by atoms with E-state index in [1.807, 2.05) is 5.51 Å². The van der Waals surface area contributed by atoms with Gasteiger partial charge in [-0.3, -0.25) is 4.90 Å². The van der Waals surface area contributed by atoms with E-state index in [4.69, 9.17) is 9.73 Å². The molecule has 23 heavy (non-hydrogen) atoms. The molecule has 2 aliphatic heterocycles. The average molecular weight is 337 g/mol. The van der Waals surface area contributed by atoms with Gasteiger partial charge in [0.25, 0.3) is 0 Å². The molecule has 128 valence electrons. The van der Waals surface area contributed by atoms with Gasteiger partial charge in [0.15, 0.2) is 5.96 Å². The number of thiazole rings is 1. The Morgan fingerprint density at radius 3 is 2.96 bits per heavy atom. The number of guanidine groups is 1. The number of hydrogen-bond acceptors (Lipinski definition) is 5. The summed E-state index contributed by atoms with van der Waals surface area (Å²) >= 11 is 1.69. The fourth-order valence-corrected chi connectivity index (χ4v) is 3.93. The zero-order chi connectivity index (χ0) is 16.1. The third-order valence-electron chi connectivity index (χ3n) is 4.58. The molecule has 0 saturated carbocycles. The Morgan fingerprint density at radius 1 is 1.43 bits per heavy atom. The quantitative estimate of drug-likeness (QED) is 0.663. The number of ether oxygens (including phenoxy) is 1. The van der Waals surface area contributed by atoms with Crippen molar-refractivity contribution in [3.05, 3.63) is 16.1 Å². The number of hydrogen-bond donors (Lipinski definition) is 1. The Hall–Kier alpha value is -1.18. The molecule has 3 heterocycles. The molecule has 2 saturated heterocycles. The molecule has 2 aliphatic rings. The molecule has 0 amide bonds.